The molecule has 0 heterocycles. The zero-order valence-corrected chi connectivity index (χ0v) is 18.5. The fourth-order valence-corrected chi connectivity index (χ4v) is 4.57. The van der Waals surface area contributed by atoms with E-state index in [0.717, 1.165) is 42.7 Å². The molecular formula is C28H16BrN3. The summed E-state index contributed by atoms with van der Waals surface area (Å²) >= 11 is 3.46. The summed E-state index contributed by atoms with van der Waals surface area (Å²) in [6.07, 6.45) is 0. The first-order chi connectivity index (χ1) is 15.6. The summed E-state index contributed by atoms with van der Waals surface area (Å²) in [5, 5.41) is 24.2. The zero-order valence-electron chi connectivity index (χ0n) is 16.9. The van der Waals surface area contributed by atoms with Gasteiger partial charge in [0.1, 0.15) is 12.1 Å². The van der Waals surface area contributed by atoms with Gasteiger partial charge in [-0.1, -0.05) is 76.6 Å². The summed E-state index contributed by atoms with van der Waals surface area (Å²) in [7, 11) is 0. The number of benzene rings is 5. The molecule has 0 aliphatic carbocycles. The van der Waals surface area contributed by atoms with Crippen molar-refractivity contribution >= 4 is 43.2 Å². The quantitative estimate of drug-likeness (QED) is 0.214. The van der Waals surface area contributed by atoms with Crippen molar-refractivity contribution < 1.29 is 0 Å². The largest absolute Gasteiger partial charge is 0.397 e. The minimum Gasteiger partial charge on any atom is -0.397 e. The number of hydrogen-bond donors (Lipinski definition) is 1. The number of rotatable bonds is 2. The van der Waals surface area contributed by atoms with Crippen LogP contribution in [0.15, 0.2) is 89.4 Å². The van der Waals surface area contributed by atoms with E-state index in [1.807, 2.05) is 54.6 Å². The van der Waals surface area contributed by atoms with Crippen LogP contribution in [0.2, 0.25) is 0 Å². The monoisotopic (exact) mass is 473 g/mol. The Kier molecular flexibility index (Phi) is 4.86. The van der Waals surface area contributed by atoms with Gasteiger partial charge >= 0.3 is 0 Å². The highest BCUT2D eigenvalue weighted by Gasteiger charge is 2.21. The van der Waals surface area contributed by atoms with E-state index in [1.54, 1.807) is 0 Å². The summed E-state index contributed by atoms with van der Waals surface area (Å²) in [5.41, 5.74) is 10.6. The molecule has 5 aromatic carbocycles. The molecule has 32 heavy (non-hydrogen) atoms. The van der Waals surface area contributed by atoms with E-state index in [4.69, 9.17) is 5.73 Å². The number of nitriles is 2. The number of fused-ring (bicyclic) bond motifs is 2. The molecule has 0 aromatic heterocycles. The first kappa shape index (κ1) is 19.8. The first-order valence-corrected chi connectivity index (χ1v) is 10.8. The highest BCUT2D eigenvalue weighted by Crippen LogP contribution is 2.43. The number of nitrogens with zero attached hydrogens (tertiary/aromatic N) is 2. The van der Waals surface area contributed by atoms with Crippen molar-refractivity contribution in [1.29, 1.82) is 10.5 Å². The molecule has 0 aliphatic rings. The smallest absolute Gasteiger partial charge is 0.102 e. The first-order valence-electron chi connectivity index (χ1n) is 10.1. The molecule has 0 spiro atoms. The van der Waals surface area contributed by atoms with E-state index < -0.39 is 0 Å². The molecule has 0 radical (unpaired) electrons. The lowest BCUT2D eigenvalue weighted by atomic mass is 9.85. The Morgan fingerprint density at radius 1 is 0.656 bits per heavy atom. The lowest BCUT2D eigenvalue weighted by Crippen LogP contribution is -2.01. The van der Waals surface area contributed by atoms with Crippen LogP contribution in [0.3, 0.4) is 0 Å². The molecule has 0 fully saturated rings. The van der Waals surface area contributed by atoms with E-state index in [9.17, 15) is 10.5 Å². The molecule has 0 amide bonds. The number of hydrogen-bond acceptors (Lipinski definition) is 3. The van der Waals surface area contributed by atoms with Gasteiger partial charge in [0.05, 0.1) is 16.8 Å². The summed E-state index contributed by atoms with van der Waals surface area (Å²) < 4.78 is 0.946. The van der Waals surface area contributed by atoms with Crippen LogP contribution in [-0.4, -0.2) is 0 Å². The topological polar surface area (TPSA) is 73.6 Å². The predicted octanol–water partition coefficient (Wildman–Crippen LogP) is 7.42. The third kappa shape index (κ3) is 3.10. The van der Waals surface area contributed by atoms with Gasteiger partial charge in [-0.2, -0.15) is 10.5 Å². The Labute approximate surface area is 194 Å². The molecule has 0 atom stereocenters. The predicted molar refractivity (Wildman–Crippen MR) is 134 cm³/mol. The van der Waals surface area contributed by atoms with Crippen molar-refractivity contribution in [2.45, 2.75) is 0 Å². The molecule has 3 nitrogen and oxygen atoms in total. The van der Waals surface area contributed by atoms with Gasteiger partial charge < -0.3 is 5.73 Å². The van der Waals surface area contributed by atoms with Crippen molar-refractivity contribution in [3.8, 4) is 34.4 Å². The van der Waals surface area contributed by atoms with Crippen molar-refractivity contribution in [3.63, 3.8) is 0 Å². The van der Waals surface area contributed by atoms with E-state index in [1.165, 1.54) is 0 Å². The Bertz CT molecular complexity index is 1550. The molecule has 2 N–H and O–H groups in total. The molecule has 0 saturated heterocycles. The lowest BCUT2D eigenvalue weighted by Gasteiger charge is -2.17. The van der Waals surface area contributed by atoms with Crippen LogP contribution in [0, 0.1) is 22.7 Å². The van der Waals surface area contributed by atoms with E-state index in [2.05, 4.69) is 58.4 Å². The SMILES string of the molecule is N#Cc1c(-c2ccc(Br)cc2)cc(-c2c3ccccc3cc3ccccc23)c(C#N)c1N. The molecule has 5 aromatic rings. The second-order valence-electron chi connectivity index (χ2n) is 7.56. The third-order valence-corrected chi connectivity index (χ3v) is 6.31. The summed E-state index contributed by atoms with van der Waals surface area (Å²) in [5.74, 6) is 0. The molecule has 0 aliphatic heterocycles. The Morgan fingerprint density at radius 3 is 1.75 bits per heavy atom. The fraction of sp³-hybridized carbons (Fsp3) is 0. The molecule has 4 heteroatoms. The highest BCUT2D eigenvalue weighted by atomic mass is 79.9. The van der Waals surface area contributed by atoms with Gasteiger partial charge in [0, 0.05) is 15.6 Å². The van der Waals surface area contributed by atoms with Gasteiger partial charge in [-0.15, -0.1) is 0 Å². The van der Waals surface area contributed by atoms with Gasteiger partial charge in [-0.25, -0.2) is 0 Å². The standard InChI is InChI=1S/C28H16BrN3/c29-20-11-9-17(10-12-20)23-14-24(26(16-31)28(32)25(23)15-30)27-21-7-3-1-5-18(21)13-19-6-2-4-8-22(19)27/h1-14H,32H2. The average molecular weight is 474 g/mol. The number of halogens is 1. The summed E-state index contributed by atoms with van der Waals surface area (Å²) in [6, 6.07) is 32.6. The molecule has 150 valence electrons. The molecule has 0 saturated carbocycles. The number of anilines is 1. The van der Waals surface area contributed by atoms with Crippen LogP contribution < -0.4 is 5.73 Å². The Morgan fingerprint density at radius 2 is 1.19 bits per heavy atom. The van der Waals surface area contributed by atoms with Crippen LogP contribution in [0.5, 0.6) is 0 Å². The van der Waals surface area contributed by atoms with Gasteiger partial charge in [-0.05, 0) is 56.9 Å². The Hall–Kier alpha value is -4.12. The molecule has 0 bridgehead atoms. The van der Waals surface area contributed by atoms with Crippen LogP contribution in [0.4, 0.5) is 5.69 Å². The normalized spacial score (nSPS) is 10.7. The van der Waals surface area contributed by atoms with E-state index in [0.29, 0.717) is 16.7 Å². The highest BCUT2D eigenvalue weighted by molar-refractivity contribution is 9.10. The zero-order chi connectivity index (χ0) is 22.2. The van der Waals surface area contributed by atoms with Crippen LogP contribution in [0.1, 0.15) is 11.1 Å². The average Bonchev–Trinajstić information content (AvgIpc) is 2.82. The van der Waals surface area contributed by atoms with Crippen molar-refractivity contribution in [2.24, 2.45) is 0 Å². The number of nitrogens with two attached hydrogens (primary N) is 1. The Balaban J connectivity index is 1.97. The lowest BCUT2D eigenvalue weighted by molar-refractivity contribution is 1.44. The number of nitrogen functional groups attached to an aromatic ring is 1. The minimum atomic E-state index is 0.211. The molecule has 0 unspecified atom stereocenters. The van der Waals surface area contributed by atoms with Gasteiger partial charge in [0.15, 0.2) is 0 Å². The van der Waals surface area contributed by atoms with Gasteiger partial charge in [-0.3, -0.25) is 0 Å². The van der Waals surface area contributed by atoms with E-state index in [-0.39, 0.29) is 5.69 Å². The summed E-state index contributed by atoms with van der Waals surface area (Å²) in [6.45, 7) is 0. The second-order valence-corrected chi connectivity index (χ2v) is 8.48. The van der Waals surface area contributed by atoms with E-state index >= 15 is 0 Å². The van der Waals surface area contributed by atoms with Crippen molar-refractivity contribution in [3.05, 3.63) is 101 Å². The molecular weight excluding hydrogens is 458 g/mol. The second kappa shape index (κ2) is 7.85. The van der Waals surface area contributed by atoms with Crippen LogP contribution in [0.25, 0.3) is 43.8 Å². The maximum atomic E-state index is 10.1. The fourth-order valence-electron chi connectivity index (χ4n) is 4.30. The third-order valence-electron chi connectivity index (χ3n) is 5.79. The van der Waals surface area contributed by atoms with Crippen LogP contribution >= 0.6 is 15.9 Å². The minimum absolute atomic E-state index is 0.211. The van der Waals surface area contributed by atoms with Gasteiger partial charge in [0.2, 0.25) is 0 Å². The van der Waals surface area contributed by atoms with Crippen molar-refractivity contribution in [2.75, 3.05) is 5.73 Å². The maximum Gasteiger partial charge on any atom is 0.102 e. The summed E-state index contributed by atoms with van der Waals surface area (Å²) in [4.78, 5) is 0. The van der Waals surface area contributed by atoms with Gasteiger partial charge in [0.25, 0.3) is 0 Å². The maximum absolute atomic E-state index is 10.1. The molecule has 5 rings (SSSR count). The van der Waals surface area contributed by atoms with Crippen molar-refractivity contribution in [1.82, 2.24) is 0 Å². The van der Waals surface area contributed by atoms with Crippen LogP contribution in [-0.2, 0) is 0 Å².